The Balaban J connectivity index is 1.41. The quantitative estimate of drug-likeness (QED) is 0.375. The summed E-state index contributed by atoms with van der Waals surface area (Å²) in [5, 5.41) is 8.23. The Labute approximate surface area is 178 Å². The number of para-hydroxylation sites is 1. The number of imidazole rings is 1. The molecule has 0 aliphatic rings. The summed E-state index contributed by atoms with van der Waals surface area (Å²) in [4.78, 5) is 25.1. The minimum absolute atomic E-state index is 0.238. The molecule has 0 spiro atoms. The fourth-order valence-corrected chi connectivity index (χ4v) is 3.42. The van der Waals surface area contributed by atoms with Crippen LogP contribution in [-0.2, 0) is 0 Å². The number of aromatic amines is 1. The van der Waals surface area contributed by atoms with Gasteiger partial charge in [-0.3, -0.25) is 4.79 Å². The number of ether oxygens (including phenoxy) is 1. The Hall–Kier alpha value is -4.39. The van der Waals surface area contributed by atoms with Gasteiger partial charge in [0.25, 0.3) is 5.91 Å². The van der Waals surface area contributed by atoms with Crippen molar-refractivity contribution in [1.82, 2.24) is 15.0 Å². The molecule has 7 heteroatoms. The monoisotopic (exact) mass is 409 g/mol. The summed E-state index contributed by atoms with van der Waals surface area (Å²) in [6.45, 7) is 0. The number of nitrogens with zero attached hydrogens (tertiary/aromatic N) is 2. The standard InChI is InChI=1S/C24H19N5O2/c1-31-18-11-9-17(10-12-18)26-23(30)19-7-4-8-20-22(19)29-24(27-20)28-21-13-15-5-2-3-6-16(15)14-25-21/h2-14H,1H3,(H,26,30)(H2,25,27,28,29). The molecule has 0 atom stereocenters. The first-order valence-corrected chi connectivity index (χ1v) is 9.75. The normalized spacial score (nSPS) is 10.9. The first-order chi connectivity index (χ1) is 15.2. The van der Waals surface area contributed by atoms with Crippen molar-refractivity contribution in [2.24, 2.45) is 0 Å². The summed E-state index contributed by atoms with van der Waals surface area (Å²) in [5.74, 6) is 1.67. The molecule has 0 aliphatic carbocycles. The molecule has 3 aromatic carbocycles. The van der Waals surface area contributed by atoms with E-state index in [9.17, 15) is 4.79 Å². The van der Waals surface area contributed by atoms with E-state index in [1.807, 2.05) is 48.7 Å². The largest absolute Gasteiger partial charge is 0.497 e. The van der Waals surface area contributed by atoms with Crippen LogP contribution in [0.2, 0.25) is 0 Å². The van der Waals surface area contributed by atoms with E-state index < -0.39 is 0 Å². The highest BCUT2D eigenvalue weighted by Crippen LogP contribution is 2.24. The zero-order valence-corrected chi connectivity index (χ0v) is 16.7. The van der Waals surface area contributed by atoms with Gasteiger partial charge in [-0.1, -0.05) is 30.3 Å². The number of nitrogens with one attached hydrogen (secondary N) is 3. The Kier molecular flexibility index (Phi) is 4.68. The van der Waals surface area contributed by atoms with E-state index in [0.29, 0.717) is 28.5 Å². The Bertz CT molecular complexity index is 1390. The third-order valence-electron chi connectivity index (χ3n) is 4.98. The van der Waals surface area contributed by atoms with Crippen molar-refractivity contribution >= 4 is 45.2 Å². The van der Waals surface area contributed by atoms with Gasteiger partial charge in [-0.15, -0.1) is 0 Å². The molecule has 7 nitrogen and oxygen atoms in total. The number of pyridine rings is 1. The van der Waals surface area contributed by atoms with E-state index in [-0.39, 0.29) is 5.91 Å². The minimum atomic E-state index is -0.238. The van der Waals surface area contributed by atoms with Gasteiger partial charge in [-0.2, -0.15) is 0 Å². The second-order valence-corrected chi connectivity index (χ2v) is 7.01. The van der Waals surface area contributed by atoms with Crippen molar-refractivity contribution < 1.29 is 9.53 Å². The highest BCUT2D eigenvalue weighted by Gasteiger charge is 2.14. The average molecular weight is 409 g/mol. The molecule has 0 bridgehead atoms. The maximum absolute atomic E-state index is 12.9. The van der Waals surface area contributed by atoms with Gasteiger partial charge in [0.1, 0.15) is 17.1 Å². The van der Waals surface area contributed by atoms with Gasteiger partial charge >= 0.3 is 0 Å². The van der Waals surface area contributed by atoms with Gasteiger partial charge in [0.2, 0.25) is 5.95 Å². The van der Waals surface area contributed by atoms with Crippen LogP contribution in [0.3, 0.4) is 0 Å². The van der Waals surface area contributed by atoms with Crippen molar-refractivity contribution in [3.8, 4) is 5.75 Å². The number of benzene rings is 3. The van der Waals surface area contributed by atoms with Gasteiger partial charge in [0, 0.05) is 17.3 Å². The van der Waals surface area contributed by atoms with E-state index in [1.54, 1.807) is 37.4 Å². The molecule has 5 rings (SSSR count). The highest BCUT2D eigenvalue weighted by atomic mass is 16.5. The van der Waals surface area contributed by atoms with Gasteiger partial charge < -0.3 is 20.4 Å². The fraction of sp³-hybridized carbons (Fsp3) is 0.0417. The molecule has 0 saturated carbocycles. The summed E-state index contributed by atoms with van der Waals surface area (Å²) >= 11 is 0. The van der Waals surface area contributed by atoms with E-state index in [1.165, 1.54) is 0 Å². The average Bonchev–Trinajstić information content (AvgIpc) is 3.22. The number of hydrogen-bond donors (Lipinski definition) is 3. The second-order valence-electron chi connectivity index (χ2n) is 7.01. The molecule has 5 aromatic rings. The highest BCUT2D eigenvalue weighted by molar-refractivity contribution is 6.11. The molecule has 1 amide bonds. The first-order valence-electron chi connectivity index (χ1n) is 9.75. The maximum atomic E-state index is 12.9. The summed E-state index contributed by atoms with van der Waals surface area (Å²) in [6.07, 6.45) is 1.81. The zero-order chi connectivity index (χ0) is 21.2. The number of fused-ring (bicyclic) bond motifs is 2. The molecule has 2 heterocycles. The molecule has 2 aromatic heterocycles. The van der Waals surface area contributed by atoms with Crippen molar-refractivity contribution in [2.75, 3.05) is 17.7 Å². The molecule has 152 valence electrons. The van der Waals surface area contributed by atoms with Gasteiger partial charge in [0.05, 0.1) is 18.2 Å². The van der Waals surface area contributed by atoms with Crippen LogP contribution in [-0.4, -0.2) is 28.0 Å². The molecular weight excluding hydrogens is 390 g/mol. The van der Waals surface area contributed by atoms with E-state index in [2.05, 4.69) is 25.6 Å². The summed E-state index contributed by atoms with van der Waals surface area (Å²) in [6, 6.07) is 22.6. The van der Waals surface area contributed by atoms with Gasteiger partial charge in [0.15, 0.2) is 0 Å². The summed E-state index contributed by atoms with van der Waals surface area (Å²) in [7, 11) is 1.60. The lowest BCUT2D eigenvalue weighted by Crippen LogP contribution is -2.12. The number of carbonyl (C=O) groups is 1. The van der Waals surface area contributed by atoms with Crippen molar-refractivity contribution in [2.45, 2.75) is 0 Å². The predicted octanol–water partition coefficient (Wildman–Crippen LogP) is 5.12. The van der Waals surface area contributed by atoms with Crippen molar-refractivity contribution in [3.63, 3.8) is 0 Å². The smallest absolute Gasteiger partial charge is 0.257 e. The second kappa shape index (κ2) is 7.79. The van der Waals surface area contributed by atoms with E-state index >= 15 is 0 Å². The Morgan fingerprint density at radius 3 is 2.58 bits per heavy atom. The van der Waals surface area contributed by atoms with Crippen LogP contribution >= 0.6 is 0 Å². The summed E-state index contributed by atoms with van der Waals surface area (Å²) < 4.78 is 5.15. The van der Waals surface area contributed by atoms with Crippen LogP contribution in [0.5, 0.6) is 5.75 Å². The van der Waals surface area contributed by atoms with Crippen LogP contribution in [0.4, 0.5) is 17.5 Å². The Morgan fingerprint density at radius 1 is 0.968 bits per heavy atom. The number of methoxy groups -OCH3 is 1. The van der Waals surface area contributed by atoms with Crippen LogP contribution in [0.1, 0.15) is 10.4 Å². The fourth-order valence-electron chi connectivity index (χ4n) is 3.42. The maximum Gasteiger partial charge on any atom is 0.257 e. The van der Waals surface area contributed by atoms with Crippen LogP contribution in [0.25, 0.3) is 21.8 Å². The van der Waals surface area contributed by atoms with E-state index in [4.69, 9.17) is 4.74 Å². The number of amides is 1. The third kappa shape index (κ3) is 3.76. The van der Waals surface area contributed by atoms with Crippen molar-refractivity contribution in [1.29, 1.82) is 0 Å². The van der Waals surface area contributed by atoms with Crippen LogP contribution < -0.4 is 15.4 Å². The molecule has 0 aliphatic heterocycles. The lowest BCUT2D eigenvalue weighted by molar-refractivity contribution is 0.102. The molecule has 0 unspecified atom stereocenters. The number of carbonyl (C=O) groups excluding carboxylic acids is 1. The molecule has 0 saturated heterocycles. The molecule has 0 radical (unpaired) electrons. The summed E-state index contributed by atoms with van der Waals surface area (Å²) in [5.41, 5.74) is 2.49. The van der Waals surface area contributed by atoms with E-state index in [0.717, 1.165) is 22.0 Å². The SMILES string of the molecule is COc1ccc(NC(=O)c2cccc3[nH]c(Nc4cc5ccccc5cn4)nc23)cc1. The zero-order valence-electron chi connectivity index (χ0n) is 16.7. The lowest BCUT2D eigenvalue weighted by atomic mass is 10.1. The number of aromatic nitrogens is 3. The number of H-pyrrole nitrogens is 1. The Morgan fingerprint density at radius 2 is 1.77 bits per heavy atom. The third-order valence-corrected chi connectivity index (χ3v) is 4.98. The lowest BCUT2D eigenvalue weighted by Gasteiger charge is -2.06. The van der Waals surface area contributed by atoms with Crippen LogP contribution in [0, 0.1) is 0 Å². The number of hydrogen-bond acceptors (Lipinski definition) is 5. The predicted molar refractivity (Wildman–Crippen MR) is 122 cm³/mol. The van der Waals surface area contributed by atoms with Gasteiger partial charge in [-0.05, 0) is 47.9 Å². The molecule has 3 N–H and O–H groups in total. The molecule has 31 heavy (non-hydrogen) atoms. The first kappa shape index (κ1) is 18.6. The molecule has 0 fully saturated rings. The van der Waals surface area contributed by atoms with Crippen LogP contribution in [0.15, 0.2) is 79.0 Å². The van der Waals surface area contributed by atoms with Gasteiger partial charge in [-0.25, -0.2) is 9.97 Å². The minimum Gasteiger partial charge on any atom is -0.497 e. The topological polar surface area (TPSA) is 91.9 Å². The molecular formula is C24H19N5O2. The number of rotatable bonds is 5. The number of anilines is 3. The van der Waals surface area contributed by atoms with Crippen molar-refractivity contribution in [3.05, 3.63) is 84.6 Å².